The molecule has 0 bridgehead atoms. The third-order valence-corrected chi connectivity index (χ3v) is 12.9. The lowest BCUT2D eigenvalue weighted by molar-refractivity contribution is -0.180. The van der Waals surface area contributed by atoms with Crippen molar-refractivity contribution in [3.63, 3.8) is 0 Å². The fourth-order valence-electron chi connectivity index (χ4n) is 7.25. The van der Waals surface area contributed by atoms with Crippen LogP contribution in [0.3, 0.4) is 0 Å². The predicted octanol–water partition coefficient (Wildman–Crippen LogP) is 4.32. The largest absolute Gasteiger partial charge is 0.481 e. The number of nitrogens with two attached hydrogens (primary N) is 1. The summed E-state index contributed by atoms with van der Waals surface area (Å²) in [5.41, 5.74) is 9.50. The number of hydrogen-bond donors (Lipinski definition) is 2. The molecule has 2 heterocycles. The lowest BCUT2D eigenvalue weighted by Gasteiger charge is -2.38. The van der Waals surface area contributed by atoms with Crippen LogP contribution in [0.2, 0.25) is 0 Å². The maximum atomic E-state index is 13.6. The van der Waals surface area contributed by atoms with Crippen LogP contribution in [0.15, 0.2) is 57.9 Å². The van der Waals surface area contributed by atoms with Crippen molar-refractivity contribution in [2.45, 2.75) is 57.3 Å². The van der Waals surface area contributed by atoms with Gasteiger partial charge < -0.3 is 58.2 Å². The van der Waals surface area contributed by atoms with Gasteiger partial charge in [-0.1, -0.05) is 31.2 Å². The molecule has 1 saturated heterocycles. The van der Waals surface area contributed by atoms with Gasteiger partial charge in [-0.25, -0.2) is 18.5 Å². The van der Waals surface area contributed by atoms with Crippen molar-refractivity contribution in [1.82, 2.24) is 9.37 Å². The summed E-state index contributed by atoms with van der Waals surface area (Å²) in [5.74, 6) is -0.669. The number of aliphatic imine (C=N–C) groups is 1. The van der Waals surface area contributed by atoms with E-state index in [9.17, 15) is 22.8 Å². The Morgan fingerprint density at radius 3 is 1.62 bits per heavy atom. The van der Waals surface area contributed by atoms with Crippen molar-refractivity contribution in [3.05, 3.63) is 53.6 Å². The van der Waals surface area contributed by atoms with Crippen LogP contribution in [-0.4, -0.2) is 205 Å². The van der Waals surface area contributed by atoms with Crippen LogP contribution in [0.4, 0.5) is 5.69 Å². The second kappa shape index (κ2) is 36.6. The number of carbonyl (C=O) groups is 3. The second-order valence-corrected chi connectivity index (χ2v) is 18.8. The number of aliphatic carboxylic acids is 1. The van der Waals surface area contributed by atoms with Crippen molar-refractivity contribution in [1.29, 1.82) is 0 Å². The van der Waals surface area contributed by atoms with E-state index < -0.39 is 16.0 Å². The van der Waals surface area contributed by atoms with Crippen molar-refractivity contribution >= 4 is 45.3 Å². The first-order chi connectivity index (χ1) is 35.5. The summed E-state index contributed by atoms with van der Waals surface area (Å²) in [5, 5.41) is 9.89. The minimum Gasteiger partial charge on any atom is -0.481 e. The molecule has 2 aliphatic rings. The number of carbonyl (C=O) groups excluding carboxylic acids is 2. The predicted molar refractivity (Wildman–Crippen MR) is 271 cm³/mol. The van der Waals surface area contributed by atoms with Gasteiger partial charge in [-0.05, 0) is 61.1 Å². The molecule has 0 spiro atoms. The molecule has 0 aliphatic carbocycles. The van der Waals surface area contributed by atoms with Crippen LogP contribution in [0, 0.1) is 5.92 Å². The Morgan fingerprint density at radius 1 is 0.658 bits per heavy atom. The number of nitrogens with zero attached hydrogens (tertiary/aromatic N) is 3. The van der Waals surface area contributed by atoms with Gasteiger partial charge in [0.1, 0.15) is 11.6 Å². The zero-order valence-electron chi connectivity index (χ0n) is 42.7. The zero-order chi connectivity index (χ0) is 52.4. The van der Waals surface area contributed by atoms with E-state index in [1.807, 2.05) is 38.1 Å². The monoisotopic (exact) mass is 1050 g/mol. The summed E-state index contributed by atoms with van der Waals surface area (Å²) in [6, 6.07) is 12.4. The molecule has 0 aromatic heterocycles. The fourth-order valence-corrected chi connectivity index (χ4v) is 8.89. The molecule has 22 heteroatoms. The average Bonchev–Trinajstić information content (AvgIpc) is 3.53. The molecule has 1 amide bonds. The summed E-state index contributed by atoms with van der Waals surface area (Å²) in [4.78, 5) is 46.5. The van der Waals surface area contributed by atoms with Crippen LogP contribution < -0.4 is 5.73 Å². The SMILES string of the molecule is CCCN(OCC)C(=O)C1=Cc2ccc(-c3cccc(S(=O)(=O)N4CC(CCC(=O)CCOCCOCCOCCOCCOCCOCCOCCOCCOCCOCCC(=O)O)C4)c3)cc2N=C(N)C1. The molecule has 4 rings (SSSR count). The van der Waals surface area contributed by atoms with E-state index in [2.05, 4.69) is 4.99 Å². The molecular formula is C51H78N4O17S. The van der Waals surface area contributed by atoms with E-state index in [0.29, 0.717) is 187 Å². The Labute approximate surface area is 430 Å². The summed E-state index contributed by atoms with van der Waals surface area (Å²) >= 11 is 0. The van der Waals surface area contributed by atoms with Gasteiger partial charge in [0, 0.05) is 50.0 Å². The van der Waals surface area contributed by atoms with E-state index in [1.54, 1.807) is 24.3 Å². The number of hydrogen-bond acceptors (Lipinski definition) is 18. The molecule has 2 aliphatic heterocycles. The van der Waals surface area contributed by atoms with Crippen molar-refractivity contribution < 1.29 is 80.1 Å². The molecule has 0 saturated carbocycles. The standard InChI is InChI=1S/C51H78N4O17S/c1-3-14-55(72-4-2)51(59)45-35-44-10-9-43(37-48(44)53-49(52)38-45)42-6-5-7-47(36-42)73(60,61)54-39-41(40-54)8-11-46(56)12-15-62-17-19-64-21-23-66-25-27-68-29-31-70-33-34-71-32-30-69-28-26-67-24-22-65-20-18-63-16-13-50(57)58/h5-7,9-10,35-37,41H,3-4,8,11-34,38-40H2,1-2H3,(H2,52,53)(H,57,58). The Bertz CT molecular complexity index is 2080. The van der Waals surface area contributed by atoms with Crippen LogP contribution in [0.1, 0.15) is 57.9 Å². The first-order valence-corrected chi connectivity index (χ1v) is 26.7. The highest BCUT2D eigenvalue weighted by Crippen LogP contribution is 2.34. The van der Waals surface area contributed by atoms with E-state index >= 15 is 0 Å². The normalized spacial score (nSPS) is 14.1. The maximum Gasteiger partial charge on any atom is 0.305 e. The summed E-state index contributed by atoms with van der Waals surface area (Å²) in [6.07, 6.45) is 3.95. The lowest BCUT2D eigenvalue weighted by Crippen LogP contribution is -2.49. The molecule has 73 heavy (non-hydrogen) atoms. The molecule has 0 unspecified atom stereocenters. The highest BCUT2D eigenvalue weighted by Gasteiger charge is 2.36. The van der Waals surface area contributed by atoms with Crippen molar-refractivity contribution in [3.8, 4) is 11.1 Å². The molecule has 410 valence electrons. The Morgan fingerprint density at radius 2 is 1.14 bits per heavy atom. The van der Waals surface area contributed by atoms with Crippen LogP contribution in [-0.2, 0) is 76.6 Å². The summed E-state index contributed by atoms with van der Waals surface area (Å²) in [7, 11) is -3.75. The Kier molecular flexibility index (Phi) is 30.8. The number of fused-ring (bicyclic) bond motifs is 1. The van der Waals surface area contributed by atoms with Gasteiger partial charge in [-0.3, -0.25) is 19.2 Å². The molecule has 3 N–H and O–H groups in total. The average molecular weight is 1050 g/mol. The smallest absolute Gasteiger partial charge is 0.305 e. The van der Waals surface area contributed by atoms with Crippen LogP contribution >= 0.6 is 0 Å². The number of benzene rings is 2. The number of ether oxygens (including phenoxy) is 10. The van der Waals surface area contributed by atoms with Gasteiger partial charge in [0.15, 0.2) is 0 Å². The summed E-state index contributed by atoms with van der Waals surface area (Å²) in [6.45, 7) is 13.5. The number of carboxylic acid groups (broad SMARTS) is 1. The van der Waals surface area contributed by atoms with E-state index in [1.165, 1.54) is 9.37 Å². The molecule has 0 atom stereocenters. The number of hydroxylamine groups is 2. The number of amides is 1. The number of amidine groups is 1. The molecule has 1 fully saturated rings. The summed E-state index contributed by atoms with van der Waals surface area (Å²) < 4.78 is 83.1. The van der Waals surface area contributed by atoms with Gasteiger partial charge in [0.25, 0.3) is 5.91 Å². The van der Waals surface area contributed by atoms with E-state index in [-0.39, 0.29) is 48.4 Å². The molecular weight excluding hydrogens is 973 g/mol. The van der Waals surface area contributed by atoms with Crippen molar-refractivity contribution in [2.75, 3.05) is 158 Å². The fraction of sp³-hybridized carbons (Fsp3) is 0.647. The maximum absolute atomic E-state index is 13.6. The van der Waals surface area contributed by atoms with Gasteiger partial charge in [-0.15, -0.1) is 0 Å². The van der Waals surface area contributed by atoms with E-state index in [4.69, 9.17) is 63.0 Å². The van der Waals surface area contributed by atoms with E-state index in [0.717, 1.165) is 17.5 Å². The number of ketones is 1. The topological polar surface area (TPSA) is 252 Å². The second-order valence-electron chi connectivity index (χ2n) is 16.9. The first-order valence-electron chi connectivity index (χ1n) is 25.3. The third kappa shape index (κ3) is 24.8. The first kappa shape index (κ1) is 61.3. The highest BCUT2D eigenvalue weighted by atomic mass is 32.2. The highest BCUT2D eigenvalue weighted by molar-refractivity contribution is 7.89. The molecule has 0 radical (unpaired) electrons. The van der Waals surface area contributed by atoms with Crippen LogP contribution in [0.5, 0.6) is 0 Å². The minimum absolute atomic E-state index is 0.0169. The van der Waals surface area contributed by atoms with Crippen LogP contribution in [0.25, 0.3) is 17.2 Å². The Balaban J connectivity index is 0.931. The van der Waals surface area contributed by atoms with Crippen molar-refractivity contribution in [2.24, 2.45) is 16.6 Å². The number of carboxylic acids is 1. The number of rotatable bonds is 44. The Hall–Kier alpha value is -4.27. The number of Topliss-reactive ketones (excluding diaryl/α,β-unsaturated/α-hetero) is 1. The van der Waals surface area contributed by atoms with Gasteiger partial charge >= 0.3 is 5.97 Å². The number of sulfonamides is 1. The minimum atomic E-state index is -3.75. The van der Waals surface area contributed by atoms with Gasteiger partial charge in [-0.2, -0.15) is 4.31 Å². The van der Waals surface area contributed by atoms with Gasteiger partial charge in [0.2, 0.25) is 10.0 Å². The van der Waals surface area contributed by atoms with Gasteiger partial charge in [0.05, 0.1) is 156 Å². The third-order valence-electron chi connectivity index (χ3n) is 11.1. The molecule has 21 nitrogen and oxygen atoms in total. The quantitative estimate of drug-likeness (QED) is 0.0692. The lowest BCUT2D eigenvalue weighted by atomic mass is 9.95. The molecule has 2 aromatic carbocycles. The molecule has 2 aromatic rings. The zero-order valence-corrected chi connectivity index (χ0v) is 43.5.